The number of alkyl halides is 3. The van der Waals surface area contributed by atoms with E-state index in [2.05, 4.69) is 19.5 Å². The van der Waals surface area contributed by atoms with Crippen LogP contribution in [-0.4, -0.2) is 37.4 Å². The molecule has 0 atom stereocenters. The van der Waals surface area contributed by atoms with Crippen LogP contribution in [-0.2, 0) is 19.1 Å². The van der Waals surface area contributed by atoms with E-state index < -0.39 is 40.4 Å². The number of carbonyl (C=O) groups excluding carboxylic acids is 2. The molecule has 0 radical (unpaired) electrons. The highest BCUT2D eigenvalue weighted by Crippen LogP contribution is 2.36. The van der Waals surface area contributed by atoms with Gasteiger partial charge in [-0.25, -0.2) is 9.59 Å². The number of rotatable bonds is 6. The lowest BCUT2D eigenvalue weighted by Gasteiger charge is -2.14. The zero-order valence-electron chi connectivity index (χ0n) is 13.7. The van der Waals surface area contributed by atoms with E-state index in [1.807, 2.05) is 0 Å². The minimum absolute atomic E-state index is 0.0573. The summed E-state index contributed by atoms with van der Waals surface area (Å²) in [6.45, 7) is 1.24. The van der Waals surface area contributed by atoms with Crippen LogP contribution in [0.1, 0.15) is 5.56 Å². The number of methoxy groups -OCH3 is 2. The molecule has 142 valence electrons. The van der Waals surface area contributed by atoms with Crippen molar-refractivity contribution in [3.8, 4) is 5.75 Å². The van der Waals surface area contributed by atoms with E-state index in [0.29, 0.717) is 12.1 Å². The molecule has 0 fully saturated rings. The third-order valence-electron chi connectivity index (χ3n) is 2.85. The average Bonchev–Trinajstić information content (AvgIpc) is 2.53. The van der Waals surface area contributed by atoms with Crippen LogP contribution in [0.3, 0.4) is 0 Å². The zero-order chi connectivity index (χ0) is 20.1. The Kier molecular flexibility index (Phi) is 6.52. The van der Waals surface area contributed by atoms with Crippen LogP contribution in [0.25, 0.3) is 0 Å². The normalized spacial score (nSPS) is 11.5. The molecular weight excluding hydrogens is 365 g/mol. The molecule has 0 amide bonds. The van der Waals surface area contributed by atoms with E-state index in [9.17, 15) is 32.9 Å². The minimum atomic E-state index is -5.04. The fraction of sp³-hybridized carbons (Fsp3) is 0.286. The second-order valence-electron chi connectivity index (χ2n) is 4.64. The van der Waals surface area contributed by atoms with Crippen molar-refractivity contribution in [2.45, 2.75) is 13.3 Å². The van der Waals surface area contributed by atoms with Crippen LogP contribution in [0.4, 0.5) is 24.5 Å². The quantitative estimate of drug-likeness (QED) is 0.347. The van der Waals surface area contributed by atoms with Crippen molar-refractivity contribution in [1.29, 1.82) is 0 Å². The fourth-order valence-electron chi connectivity index (χ4n) is 1.80. The molecule has 0 aliphatic rings. The molecule has 0 aliphatic heterocycles. The predicted octanol–water partition coefficient (Wildman–Crippen LogP) is 2.44. The molecule has 0 aromatic heterocycles. The van der Waals surface area contributed by atoms with Gasteiger partial charge in [0.05, 0.1) is 31.3 Å². The molecule has 0 saturated heterocycles. The number of nitrogens with one attached hydrogen (secondary N) is 1. The number of halogens is 3. The number of nitro groups is 1. The molecule has 1 N–H and O–H groups in total. The van der Waals surface area contributed by atoms with Crippen LogP contribution in [0.5, 0.6) is 5.75 Å². The van der Waals surface area contributed by atoms with E-state index in [4.69, 9.17) is 0 Å². The van der Waals surface area contributed by atoms with Crippen molar-refractivity contribution in [1.82, 2.24) is 0 Å². The number of nitro benzene ring substituents is 1. The van der Waals surface area contributed by atoms with Crippen molar-refractivity contribution in [2.75, 3.05) is 19.5 Å². The number of benzene rings is 1. The van der Waals surface area contributed by atoms with Gasteiger partial charge in [0.15, 0.2) is 0 Å². The zero-order valence-corrected chi connectivity index (χ0v) is 13.7. The number of carbonyl (C=O) groups is 2. The van der Waals surface area contributed by atoms with Crippen molar-refractivity contribution in [3.05, 3.63) is 39.6 Å². The fourth-order valence-corrected chi connectivity index (χ4v) is 1.80. The maximum Gasteiger partial charge on any atom is 0.573 e. The number of hydrogen-bond donors (Lipinski definition) is 1. The molecular formula is C14H13F3N2O7. The Morgan fingerprint density at radius 3 is 2.31 bits per heavy atom. The summed E-state index contributed by atoms with van der Waals surface area (Å²) in [4.78, 5) is 33.2. The summed E-state index contributed by atoms with van der Waals surface area (Å²) in [5, 5.41) is 13.5. The van der Waals surface area contributed by atoms with E-state index in [1.54, 1.807) is 0 Å². The summed E-state index contributed by atoms with van der Waals surface area (Å²) in [7, 11) is 2.03. The van der Waals surface area contributed by atoms with Gasteiger partial charge in [0.1, 0.15) is 17.1 Å². The van der Waals surface area contributed by atoms with Crippen LogP contribution in [0, 0.1) is 17.0 Å². The first-order valence-corrected chi connectivity index (χ1v) is 6.68. The highest BCUT2D eigenvalue weighted by molar-refractivity contribution is 5.99. The van der Waals surface area contributed by atoms with Gasteiger partial charge in [-0.15, -0.1) is 13.2 Å². The molecule has 1 rings (SSSR count). The highest BCUT2D eigenvalue weighted by Gasteiger charge is 2.33. The Hall–Kier alpha value is -3.31. The van der Waals surface area contributed by atoms with Gasteiger partial charge in [0, 0.05) is 0 Å². The van der Waals surface area contributed by atoms with E-state index in [1.165, 1.54) is 6.92 Å². The summed E-state index contributed by atoms with van der Waals surface area (Å²) < 4.78 is 49.4. The first kappa shape index (κ1) is 20.7. The van der Waals surface area contributed by atoms with Gasteiger partial charge in [0.25, 0.3) is 5.69 Å². The first-order valence-electron chi connectivity index (χ1n) is 6.68. The predicted molar refractivity (Wildman–Crippen MR) is 80.3 cm³/mol. The third kappa shape index (κ3) is 5.65. The lowest BCUT2D eigenvalue weighted by Crippen LogP contribution is -2.18. The molecule has 0 unspecified atom stereocenters. The monoisotopic (exact) mass is 378 g/mol. The number of anilines is 1. The van der Waals surface area contributed by atoms with Crippen molar-refractivity contribution < 1.29 is 41.9 Å². The molecule has 1 aromatic rings. The third-order valence-corrected chi connectivity index (χ3v) is 2.85. The Balaban J connectivity index is 3.41. The summed E-state index contributed by atoms with van der Waals surface area (Å²) in [5.41, 5.74) is -1.72. The molecule has 1 aromatic carbocycles. The summed E-state index contributed by atoms with van der Waals surface area (Å²) in [5.74, 6) is -2.83. The van der Waals surface area contributed by atoms with Crippen LogP contribution >= 0.6 is 0 Å². The van der Waals surface area contributed by atoms with Gasteiger partial charge in [-0.2, -0.15) is 0 Å². The van der Waals surface area contributed by atoms with Gasteiger partial charge in [-0.3, -0.25) is 10.1 Å². The SMILES string of the molecule is COC(=O)/C=C(/Nc1c(C)cc(OC(F)(F)F)cc1[N+](=O)[O-])C(=O)OC. The Bertz CT molecular complexity index is 760. The van der Waals surface area contributed by atoms with Gasteiger partial charge in [-0.05, 0) is 18.6 Å². The molecule has 0 saturated carbocycles. The van der Waals surface area contributed by atoms with Gasteiger partial charge < -0.3 is 19.5 Å². The number of hydrogen-bond acceptors (Lipinski definition) is 8. The number of aryl methyl sites for hydroxylation is 1. The standard InChI is InChI=1S/C14H13F3N2O7/c1-7-4-8(26-14(15,16)17)5-10(19(22)23)12(7)18-9(13(21)25-3)6-11(20)24-2/h4-6,18H,1-3H3/b9-6+. The summed E-state index contributed by atoms with van der Waals surface area (Å²) >= 11 is 0. The highest BCUT2D eigenvalue weighted by atomic mass is 19.4. The molecule has 0 heterocycles. The topological polar surface area (TPSA) is 117 Å². The number of nitrogens with zero attached hydrogens (tertiary/aromatic N) is 1. The van der Waals surface area contributed by atoms with Crippen LogP contribution < -0.4 is 10.1 Å². The average molecular weight is 378 g/mol. The molecule has 12 heteroatoms. The minimum Gasteiger partial charge on any atom is -0.466 e. The van der Waals surface area contributed by atoms with E-state index in [0.717, 1.165) is 20.3 Å². The van der Waals surface area contributed by atoms with Crippen molar-refractivity contribution >= 4 is 23.3 Å². The summed E-state index contributed by atoms with van der Waals surface area (Å²) in [6.07, 6.45) is -4.37. The van der Waals surface area contributed by atoms with E-state index >= 15 is 0 Å². The van der Waals surface area contributed by atoms with Crippen LogP contribution in [0.2, 0.25) is 0 Å². The maximum absolute atomic E-state index is 12.3. The molecule has 9 nitrogen and oxygen atoms in total. The Morgan fingerprint density at radius 1 is 1.23 bits per heavy atom. The summed E-state index contributed by atoms with van der Waals surface area (Å²) in [6, 6.07) is 1.39. The molecule has 0 spiro atoms. The first-order chi connectivity index (χ1) is 12.0. The van der Waals surface area contributed by atoms with Gasteiger partial charge >= 0.3 is 18.3 Å². The van der Waals surface area contributed by atoms with Crippen molar-refractivity contribution in [2.24, 2.45) is 0 Å². The van der Waals surface area contributed by atoms with Gasteiger partial charge in [0.2, 0.25) is 0 Å². The molecule has 0 aliphatic carbocycles. The number of esters is 2. The molecule has 0 bridgehead atoms. The van der Waals surface area contributed by atoms with E-state index in [-0.39, 0.29) is 11.3 Å². The second-order valence-corrected chi connectivity index (χ2v) is 4.64. The number of ether oxygens (including phenoxy) is 3. The van der Waals surface area contributed by atoms with Crippen LogP contribution in [0.15, 0.2) is 23.9 Å². The van der Waals surface area contributed by atoms with Gasteiger partial charge in [-0.1, -0.05) is 0 Å². The largest absolute Gasteiger partial charge is 0.573 e. The lowest BCUT2D eigenvalue weighted by atomic mass is 10.1. The van der Waals surface area contributed by atoms with Crippen molar-refractivity contribution in [3.63, 3.8) is 0 Å². The maximum atomic E-state index is 12.3. The lowest BCUT2D eigenvalue weighted by molar-refractivity contribution is -0.384. The second kappa shape index (κ2) is 8.18. The Labute approximate surface area is 144 Å². The smallest absolute Gasteiger partial charge is 0.466 e. The molecule has 26 heavy (non-hydrogen) atoms. The Morgan fingerprint density at radius 2 is 1.85 bits per heavy atom.